The summed E-state index contributed by atoms with van der Waals surface area (Å²) in [6, 6.07) is 18.5. The topological polar surface area (TPSA) is 89.8 Å². The number of benzene rings is 2. The highest BCUT2D eigenvalue weighted by Gasteiger charge is 2.40. The van der Waals surface area contributed by atoms with Gasteiger partial charge < -0.3 is 4.98 Å². The second kappa shape index (κ2) is 7.94. The number of hydrogen-bond acceptors (Lipinski definition) is 5. The molecular formula is C24H15FN4O2S. The Kier molecular flexibility index (Phi) is 4.96. The molecule has 5 rings (SSSR count). The molecule has 3 heterocycles. The molecule has 0 bridgehead atoms. The Morgan fingerprint density at radius 3 is 2.69 bits per heavy atom. The summed E-state index contributed by atoms with van der Waals surface area (Å²) >= 11 is 1.10. The molecule has 2 amide bonds. The molecule has 1 atom stereocenters. The van der Waals surface area contributed by atoms with Gasteiger partial charge in [-0.3, -0.25) is 9.59 Å². The van der Waals surface area contributed by atoms with Crippen molar-refractivity contribution in [3.63, 3.8) is 0 Å². The third kappa shape index (κ3) is 3.53. The van der Waals surface area contributed by atoms with Crippen LogP contribution in [-0.4, -0.2) is 27.0 Å². The lowest BCUT2D eigenvalue weighted by molar-refractivity contribution is -0.121. The molecule has 0 spiro atoms. The summed E-state index contributed by atoms with van der Waals surface area (Å²) in [4.78, 5) is 34.6. The number of amides is 2. The van der Waals surface area contributed by atoms with E-state index in [0.29, 0.717) is 27.5 Å². The Hall–Kier alpha value is -3.96. The van der Waals surface area contributed by atoms with Gasteiger partial charge in [-0.1, -0.05) is 17.8 Å². The number of nitrogens with one attached hydrogen (secondary N) is 1. The minimum Gasteiger partial charge on any atom is -0.361 e. The fourth-order valence-electron chi connectivity index (χ4n) is 3.67. The van der Waals surface area contributed by atoms with Crippen molar-refractivity contribution in [2.75, 3.05) is 4.90 Å². The molecule has 1 saturated heterocycles. The summed E-state index contributed by atoms with van der Waals surface area (Å²) in [5.74, 6) is -1.000. The minimum absolute atomic E-state index is 0.0135. The third-order valence-electron chi connectivity index (χ3n) is 5.28. The van der Waals surface area contributed by atoms with Gasteiger partial charge in [0.05, 0.1) is 22.2 Å². The van der Waals surface area contributed by atoms with Crippen LogP contribution >= 0.6 is 11.8 Å². The molecule has 32 heavy (non-hydrogen) atoms. The van der Waals surface area contributed by atoms with Gasteiger partial charge in [-0.05, 0) is 60.0 Å². The highest BCUT2D eigenvalue weighted by molar-refractivity contribution is 8.00. The Morgan fingerprint density at radius 2 is 1.91 bits per heavy atom. The maximum Gasteiger partial charge on any atom is 0.247 e. The number of fused-ring (bicyclic) bond motifs is 1. The highest BCUT2D eigenvalue weighted by atomic mass is 32.2. The number of carbonyl (C=O) groups excluding carboxylic acids is 2. The van der Waals surface area contributed by atoms with Gasteiger partial charge in [0.25, 0.3) is 0 Å². The fraction of sp³-hybridized carbons (Fsp3) is 0.0833. The number of halogens is 1. The SMILES string of the molecule is N#Cc1ccc(-c2ccc(F)cc2)nc1SC1CC(=O)N(c2ccc3cc[nH]c3c2)C1=O. The zero-order valence-electron chi connectivity index (χ0n) is 16.6. The molecule has 2 aromatic heterocycles. The predicted octanol–water partition coefficient (Wildman–Crippen LogP) is 4.66. The van der Waals surface area contributed by atoms with Crippen molar-refractivity contribution in [2.45, 2.75) is 16.7 Å². The van der Waals surface area contributed by atoms with Gasteiger partial charge in [0.1, 0.15) is 16.9 Å². The van der Waals surface area contributed by atoms with Crippen molar-refractivity contribution in [1.82, 2.24) is 9.97 Å². The number of aromatic amines is 1. The monoisotopic (exact) mass is 442 g/mol. The van der Waals surface area contributed by atoms with E-state index in [2.05, 4.69) is 16.0 Å². The number of aromatic nitrogens is 2. The zero-order chi connectivity index (χ0) is 22.2. The van der Waals surface area contributed by atoms with Crippen LogP contribution in [0.1, 0.15) is 12.0 Å². The normalized spacial score (nSPS) is 16.0. The van der Waals surface area contributed by atoms with Crippen molar-refractivity contribution >= 4 is 40.2 Å². The number of rotatable bonds is 4. The van der Waals surface area contributed by atoms with Crippen LogP contribution in [0.3, 0.4) is 0 Å². The van der Waals surface area contributed by atoms with Crippen molar-refractivity contribution < 1.29 is 14.0 Å². The quantitative estimate of drug-likeness (QED) is 0.464. The smallest absolute Gasteiger partial charge is 0.247 e. The number of anilines is 1. The van der Waals surface area contributed by atoms with Crippen molar-refractivity contribution in [1.29, 1.82) is 5.26 Å². The van der Waals surface area contributed by atoms with E-state index < -0.39 is 5.25 Å². The van der Waals surface area contributed by atoms with Crippen LogP contribution in [0, 0.1) is 17.1 Å². The van der Waals surface area contributed by atoms with Gasteiger partial charge in [0.15, 0.2) is 0 Å². The molecule has 2 aromatic carbocycles. The van der Waals surface area contributed by atoms with Crippen LogP contribution in [0.25, 0.3) is 22.2 Å². The molecule has 0 radical (unpaired) electrons. The van der Waals surface area contributed by atoms with Crippen molar-refractivity contribution in [3.8, 4) is 17.3 Å². The van der Waals surface area contributed by atoms with Gasteiger partial charge >= 0.3 is 0 Å². The molecule has 6 nitrogen and oxygen atoms in total. The Morgan fingerprint density at radius 1 is 1.09 bits per heavy atom. The fourth-order valence-corrected chi connectivity index (χ4v) is 4.77. The number of carbonyl (C=O) groups is 2. The summed E-state index contributed by atoms with van der Waals surface area (Å²) in [5, 5.41) is 10.2. The van der Waals surface area contributed by atoms with E-state index in [-0.39, 0.29) is 24.1 Å². The molecular weight excluding hydrogens is 427 g/mol. The highest BCUT2D eigenvalue weighted by Crippen LogP contribution is 2.36. The standard InChI is InChI=1S/C24H15FN4O2S/c25-17-5-1-14(2-6-17)19-8-4-16(13-26)23(28-19)32-21-12-22(30)29(24(21)31)18-7-3-15-9-10-27-20(15)11-18/h1-11,21,27H,12H2. The Labute approximate surface area is 186 Å². The molecule has 0 saturated carbocycles. The van der Waals surface area contributed by atoms with E-state index in [1.165, 1.54) is 17.0 Å². The Bertz CT molecular complexity index is 1410. The lowest BCUT2D eigenvalue weighted by Crippen LogP contribution is -2.31. The van der Waals surface area contributed by atoms with Crippen LogP contribution in [0.15, 0.2) is 71.9 Å². The van der Waals surface area contributed by atoms with Crippen LogP contribution in [0.4, 0.5) is 10.1 Å². The number of pyridine rings is 1. The number of H-pyrrole nitrogens is 1. The lowest BCUT2D eigenvalue weighted by atomic mass is 10.1. The summed E-state index contributed by atoms with van der Waals surface area (Å²) in [6.07, 6.45) is 1.81. The van der Waals surface area contributed by atoms with E-state index in [4.69, 9.17) is 0 Å². The first-order valence-electron chi connectivity index (χ1n) is 9.81. The largest absolute Gasteiger partial charge is 0.361 e. The van der Waals surface area contributed by atoms with E-state index >= 15 is 0 Å². The number of thioether (sulfide) groups is 1. The van der Waals surface area contributed by atoms with Crippen molar-refractivity contribution in [2.24, 2.45) is 0 Å². The molecule has 1 unspecified atom stereocenters. The number of imide groups is 1. The third-order valence-corrected chi connectivity index (χ3v) is 6.46. The first kappa shape index (κ1) is 20.0. The molecule has 0 aliphatic carbocycles. The van der Waals surface area contributed by atoms with E-state index in [1.54, 1.807) is 42.6 Å². The zero-order valence-corrected chi connectivity index (χ0v) is 17.4. The maximum absolute atomic E-state index is 13.3. The average molecular weight is 442 g/mol. The van der Waals surface area contributed by atoms with Crippen LogP contribution < -0.4 is 4.90 Å². The summed E-state index contributed by atoms with van der Waals surface area (Å²) in [7, 11) is 0. The number of nitriles is 1. The van der Waals surface area contributed by atoms with Gasteiger partial charge in [0.2, 0.25) is 11.8 Å². The van der Waals surface area contributed by atoms with Crippen molar-refractivity contribution in [3.05, 3.63) is 78.2 Å². The minimum atomic E-state index is -0.690. The van der Waals surface area contributed by atoms with Gasteiger partial charge in [0, 0.05) is 23.7 Å². The van der Waals surface area contributed by atoms with Crippen LogP contribution in [-0.2, 0) is 9.59 Å². The average Bonchev–Trinajstić information content (AvgIpc) is 3.37. The van der Waals surface area contributed by atoms with E-state index in [0.717, 1.165) is 22.7 Å². The number of hydrogen-bond donors (Lipinski definition) is 1. The lowest BCUT2D eigenvalue weighted by Gasteiger charge is -2.15. The molecule has 4 aromatic rings. The van der Waals surface area contributed by atoms with Gasteiger partial charge in [-0.25, -0.2) is 14.3 Å². The first-order valence-corrected chi connectivity index (χ1v) is 10.7. The summed E-state index contributed by atoms with van der Waals surface area (Å²) < 4.78 is 13.3. The second-order valence-electron chi connectivity index (χ2n) is 7.30. The van der Waals surface area contributed by atoms with Crippen LogP contribution in [0.2, 0.25) is 0 Å². The molecule has 1 fully saturated rings. The van der Waals surface area contributed by atoms with Crippen LogP contribution in [0.5, 0.6) is 0 Å². The predicted molar refractivity (Wildman–Crippen MR) is 119 cm³/mol. The molecule has 8 heteroatoms. The summed E-state index contributed by atoms with van der Waals surface area (Å²) in [5.41, 5.74) is 2.89. The summed E-state index contributed by atoms with van der Waals surface area (Å²) in [6.45, 7) is 0. The number of nitrogens with zero attached hydrogens (tertiary/aromatic N) is 3. The Balaban J connectivity index is 1.44. The molecule has 1 N–H and O–H groups in total. The van der Waals surface area contributed by atoms with Gasteiger partial charge in [-0.2, -0.15) is 5.26 Å². The molecule has 156 valence electrons. The van der Waals surface area contributed by atoms with E-state index in [1.807, 2.05) is 12.1 Å². The van der Waals surface area contributed by atoms with E-state index in [9.17, 15) is 19.2 Å². The molecule has 1 aliphatic rings. The maximum atomic E-state index is 13.3. The molecule has 1 aliphatic heterocycles. The second-order valence-corrected chi connectivity index (χ2v) is 8.49. The first-order chi connectivity index (χ1) is 15.5. The van der Waals surface area contributed by atoms with Gasteiger partial charge in [-0.15, -0.1) is 0 Å².